The zero-order valence-electron chi connectivity index (χ0n) is 10.3. The maximum Gasteiger partial charge on any atom is 1.00 e. The van der Waals surface area contributed by atoms with Crippen molar-refractivity contribution in [3.8, 4) is 11.5 Å². The maximum absolute atomic E-state index is 10.3. The molecule has 4 nitrogen and oxygen atoms in total. The molecule has 0 amide bonds. The number of phenols is 2. The van der Waals surface area contributed by atoms with Crippen molar-refractivity contribution >= 4 is 11.6 Å². The van der Waals surface area contributed by atoms with Gasteiger partial charge in [0.15, 0.2) is 11.6 Å². The highest BCUT2D eigenvalue weighted by atomic mass is 16.3. The minimum absolute atomic E-state index is 0. The van der Waals surface area contributed by atoms with Gasteiger partial charge >= 0.3 is 2.85 Å². The largest absolute Gasteiger partial charge is 1.00 e. The van der Waals surface area contributed by atoms with Crippen LogP contribution in [0.2, 0.25) is 0 Å². The van der Waals surface area contributed by atoms with Crippen LogP contribution < -0.4 is 0 Å². The van der Waals surface area contributed by atoms with Crippen molar-refractivity contribution < 1.29 is 22.7 Å². The molecule has 0 saturated heterocycles. The van der Waals surface area contributed by atoms with Crippen molar-refractivity contribution in [3.63, 3.8) is 0 Å². The number of hydrogen-bond acceptors (Lipinski definition) is 4. The molecule has 0 radical (unpaired) electrons. The Hall–Kier alpha value is -2.36. The Morgan fingerprint density at radius 1 is 0.706 bits per heavy atom. The van der Waals surface area contributed by atoms with Gasteiger partial charge in [-0.3, -0.25) is 9.59 Å². The van der Waals surface area contributed by atoms with E-state index < -0.39 is 0 Å². The SMILES string of the molecule is C.O=C1C=CC(=O)C=C1.Oc1ccc(O)cc1.[H+].[H+]. The summed E-state index contributed by atoms with van der Waals surface area (Å²) in [5.74, 6) is 0.0970. The van der Waals surface area contributed by atoms with Gasteiger partial charge in [-0.2, -0.15) is 0 Å². The van der Waals surface area contributed by atoms with Crippen LogP contribution in [0.15, 0.2) is 48.6 Å². The van der Waals surface area contributed by atoms with E-state index in [1.165, 1.54) is 48.6 Å². The van der Waals surface area contributed by atoms with Gasteiger partial charge in [-0.05, 0) is 48.6 Å². The first-order chi connectivity index (χ1) is 7.58. The van der Waals surface area contributed by atoms with Crippen molar-refractivity contribution in [1.82, 2.24) is 0 Å². The van der Waals surface area contributed by atoms with E-state index in [0.717, 1.165) is 0 Å². The van der Waals surface area contributed by atoms with Gasteiger partial charge in [0.1, 0.15) is 11.5 Å². The molecule has 0 spiro atoms. The normalized spacial score (nSPS) is 12.5. The molecule has 1 aromatic carbocycles. The van der Waals surface area contributed by atoms with Gasteiger partial charge < -0.3 is 10.2 Å². The van der Waals surface area contributed by atoms with Crippen molar-refractivity contribution in [2.75, 3.05) is 0 Å². The third-order valence-electron chi connectivity index (χ3n) is 1.67. The molecule has 1 aromatic rings. The molecule has 0 fully saturated rings. The monoisotopic (exact) mass is 236 g/mol. The van der Waals surface area contributed by atoms with Crippen LogP contribution in [-0.4, -0.2) is 21.8 Å². The molecule has 0 aliphatic heterocycles. The fourth-order valence-electron chi connectivity index (χ4n) is 0.892. The fraction of sp³-hybridized carbons (Fsp3) is 0.0769. The topological polar surface area (TPSA) is 74.6 Å². The lowest BCUT2D eigenvalue weighted by atomic mass is 10.2. The Balaban J connectivity index is -0.000000233. The standard InChI is InChI=1S/C6H6O2.C6H4O2.CH4/c2*7-5-1-2-6(8)4-3-5;/h1-4,7-8H;1-4H;1H4/p+2. The van der Waals surface area contributed by atoms with E-state index in [-0.39, 0.29) is 33.3 Å². The second-order valence-corrected chi connectivity index (χ2v) is 2.99. The predicted octanol–water partition coefficient (Wildman–Crippen LogP) is 2.21. The van der Waals surface area contributed by atoms with Crippen molar-refractivity contribution in [3.05, 3.63) is 48.6 Å². The van der Waals surface area contributed by atoms with E-state index in [4.69, 9.17) is 10.2 Å². The van der Waals surface area contributed by atoms with E-state index in [0.29, 0.717) is 0 Å². The van der Waals surface area contributed by atoms with Gasteiger partial charge in [-0.25, -0.2) is 0 Å². The van der Waals surface area contributed by atoms with Crippen LogP contribution in [0.25, 0.3) is 0 Å². The first kappa shape index (κ1) is 14.6. The zero-order valence-corrected chi connectivity index (χ0v) is 8.33. The molecule has 0 saturated carbocycles. The molecular weight excluding hydrogens is 220 g/mol. The molecule has 2 N–H and O–H groups in total. The van der Waals surface area contributed by atoms with Crippen LogP contribution in [-0.2, 0) is 9.59 Å². The summed E-state index contributed by atoms with van der Waals surface area (Å²) in [5, 5.41) is 17.3. The van der Waals surface area contributed by atoms with Crippen LogP contribution in [0, 0.1) is 0 Å². The Morgan fingerprint density at radius 3 is 1.18 bits per heavy atom. The highest BCUT2D eigenvalue weighted by Crippen LogP contribution is 2.13. The summed E-state index contributed by atoms with van der Waals surface area (Å²) in [7, 11) is 0. The minimum Gasteiger partial charge on any atom is -0.508 e. The number of carbonyl (C=O) groups excluding carboxylic acids is 2. The summed E-state index contributed by atoms with van der Waals surface area (Å²) < 4.78 is 0. The van der Waals surface area contributed by atoms with Crippen molar-refractivity contribution in [2.45, 2.75) is 7.43 Å². The molecule has 2 rings (SSSR count). The lowest BCUT2D eigenvalue weighted by molar-refractivity contribution is -0.113. The van der Waals surface area contributed by atoms with Crippen LogP contribution in [0.4, 0.5) is 0 Å². The third kappa shape index (κ3) is 5.94. The van der Waals surface area contributed by atoms with Gasteiger partial charge in [0, 0.05) is 0 Å². The molecule has 90 valence electrons. The first-order valence-corrected chi connectivity index (χ1v) is 4.50. The summed E-state index contributed by atoms with van der Waals surface area (Å²) in [6, 6.07) is 5.70. The Labute approximate surface area is 102 Å². The second kappa shape index (κ2) is 7.00. The first-order valence-electron chi connectivity index (χ1n) is 4.50. The van der Waals surface area contributed by atoms with E-state index in [1.54, 1.807) is 0 Å². The molecule has 0 heterocycles. The number of rotatable bonds is 0. The lowest BCUT2D eigenvalue weighted by Crippen LogP contribution is -1.97. The van der Waals surface area contributed by atoms with Gasteiger partial charge in [0.05, 0.1) is 0 Å². The average molecular weight is 236 g/mol. The van der Waals surface area contributed by atoms with E-state index in [1.807, 2.05) is 0 Å². The van der Waals surface area contributed by atoms with Crippen LogP contribution in [0.3, 0.4) is 0 Å². The van der Waals surface area contributed by atoms with E-state index >= 15 is 0 Å². The van der Waals surface area contributed by atoms with Crippen LogP contribution in [0.5, 0.6) is 11.5 Å². The van der Waals surface area contributed by atoms with Crippen LogP contribution in [0.1, 0.15) is 10.3 Å². The number of hydrogen-bond donors (Lipinski definition) is 2. The van der Waals surface area contributed by atoms with Gasteiger partial charge in [0.25, 0.3) is 0 Å². The van der Waals surface area contributed by atoms with E-state index in [2.05, 4.69) is 0 Å². The number of ketones is 2. The Morgan fingerprint density at radius 2 is 0.941 bits per heavy atom. The fourth-order valence-corrected chi connectivity index (χ4v) is 0.892. The third-order valence-corrected chi connectivity index (χ3v) is 1.67. The molecule has 0 bridgehead atoms. The van der Waals surface area contributed by atoms with Crippen molar-refractivity contribution in [1.29, 1.82) is 0 Å². The Bertz CT molecular complexity index is 391. The average Bonchev–Trinajstić information content (AvgIpc) is 2.28. The number of benzene rings is 1. The van der Waals surface area contributed by atoms with E-state index in [9.17, 15) is 9.59 Å². The van der Waals surface area contributed by atoms with Gasteiger partial charge in [-0.15, -0.1) is 0 Å². The smallest absolute Gasteiger partial charge is 0.508 e. The highest BCUT2D eigenvalue weighted by Gasteiger charge is 1.97. The molecule has 0 atom stereocenters. The summed E-state index contributed by atoms with van der Waals surface area (Å²) >= 11 is 0. The second-order valence-electron chi connectivity index (χ2n) is 2.99. The molecule has 17 heavy (non-hydrogen) atoms. The quantitative estimate of drug-likeness (QED) is 0.535. The number of allylic oxidation sites excluding steroid dienone is 4. The maximum atomic E-state index is 10.3. The molecule has 1 aliphatic carbocycles. The summed E-state index contributed by atoms with van der Waals surface area (Å²) in [4.78, 5) is 20.6. The zero-order chi connectivity index (χ0) is 12.0. The molecule has 0 aromatic heterocycles. The number of aromatic hydroxyl groups is 2. The minimum atomic E-state index is -0.121. The molecule has 1 aliphatic rings. The lowest BCUT2D eigenvalue weighted by Gasteiger charge is -1.88. The molecule has 4 heteroatoms. The summed E-state index contributed by atoms with van der Waals surface area (Å²) in [6.07, 6.45) is 5.01. The summed E-state index contributed by atoms with van der Waals surface area (Å²) in [6.45, 7) is 0. The molecule has 0 unspecified atom stereocenters. The van der Waals surface area contributed by atoms with Gasteiger partial charge in [-0.1, -0.05) is 7.43 Å². The van der Waals surface area contributed by atoms with Gasteiger partial charge in [0.2, 0.25) is 0 Å². The molecular formula is C13H16O4+2. The highest BCUT2D eigenvalue weighted by molar-refractivity contribution is 6.14. The summed E-state index contributed by atoms with van der Waals surface area (Å²) in [5.41, 5.74) is 0. The van der Waals surface area contributed by atoms with Crippen molar-refractivity contribution in [2.24, 2.45) is 0 Å². The predicted molar refractivity (Wildman–Crippen MR) is 67.0 cm³/mol. The number of carbonyl (C=O) groups is 2. The Kier molecular flexibility index (Phi) is 6.03. The van der Waals surface area contributed by atoms with Crippen LogP contribution >= 0.6 is 0 Å². The number of phenolic OH excluding ortho intramolecular Hbond substituents is 2.